The van der Waals surface area contributed by atoms with Gasteiger partial charge in [-0.25, -0.2) is 9.78 Å². The highest BCUT2D eigenvalue weighted by atomic mass is 16.2. The van der Waals surface area contributed by atoms with Crippen molar-refractivity contribution in [3.8, 4) is 11.3 Å². The van der Waals surface area contributed by atoms with Crippen molar-refractivity contribution in [2.75, 3.05) is 5.32 Å². The lowest BCUT2D eigenvalue weighted by atomic mass is 10.0. The Balaban J connectivity index is 1.59. The molecule has 0 radical (unpaired) electrons. The van der Waals surface area contributed by atoms with Crippen molar-refractivity contribution in [3.05, 3.63) is 90.3 Å². The van der Waals surface area contributed by atoms with E-state index in [1.54, 1.807) is 30.6 Å². The van der Waals surface area contributed by atoms with E-state index in [4.69, 9.17) is 5.73 Å². The second kappa shape index (κ2) is 8.40. The molecule has 0 aliphatic heterocycles. The van der Waals surface area contributed by atoms with Gasteiger partial charge in [-0.2, -0.15) is 0 Å². The van der Waals surface area contributed by atoms with Crippen LogP contribution < -0.4 is 16.4 Å². The number of anilines is 1. The van der Waals surface area contributed by atoms with Gasteiger partial charge in [-0.05, 0) is 42.0 Å². The van der Waals surface area contributed by atoms with Gasteiger partial charge in [-0.3, -0.25) is 9.78 Å². The van der Waals surface area contributed by atoms with Gasteiger partial charge in [-0.15, -0.1) is 0 Å². The second-order valence-electron chi connectivity index (χ2n) is 6.68. The van der Waals surface area contributed by atoms with Crippen molar-refractivity contribution in [2.24, 2.45) is 5.73 Å². The van der Waals surface area contributed by atoms with E-state index in [9.17, 15) is 9.59 Å². The number of rotatable bonds is 5. The first kappa shape index (κ1) is 19.1. The number of nitrogens with two attached hydrogens (primary N) is 1. The lowest BCUT2D eigenvalue weighted by Gasteiger charge is -2.11. The predicted octanol–water partition coefficient (Wildman–Crippen LogP) is 3.72. The first-order valence-corrected chi connectivity index (χ1v) is 9.34. The molecule has 7 heteroatoms. The molecular weight excluding hydrogens is 378 g/mol. The minimum absolute atomic E-state index is 0.191. The van der Waals surface area contributed by atoms with Crippen LogP contribution in [0.3, 0.4) is 0 Å². The monoisotopic (exact) mass is 397 g/mol. The van der Waals surface area contributed by atoms with Crippen LogP contribution in [0.2, 0.25) is 0 Å². The van der Waals surface area contributed by atoms with Crippen molar-refractivity contribution in [1.82, 2.24) is 15.3 Å². The molecular formula is C23H19N5O2. The van der Waals surface area contributed by atoms with Gasteiger partial charge in [-0.1, -0.05) is 30.3 Å². The van der Waals surface area contributed by atoms with Crippen molar-refractivity contribution in [2.45, 2.75) is 6.54 Å². The number of carbonyl (C=O) groups excluding carboxylic acids is 2. The largest absolute Gasteiger partial charge is 0.351 e. The second-order valence-corrected chi connectivity index (χ2v) is 6.68. The number of hydrogen-bond acceptors (Lipinski definition) is 4. The molecule has 0 aliphatic carbocycles. The summed E-state index contributed by atoms with van der Waals surface area (Å²) in [5.74, 6) is -0.191. The van der Waals surface area contributed by atoms with Gasteiger partial charge in [0, 0.05) is 35.6 Å². The Morgan fingerprint density at radius 1 is 0.933 bits per heavy atom. The molecule has 2 aromatic carbocycles. The molecule has 0 unspecified atom stereocenters. The average Bonchev–Trinajstić information content (AvgIpc) is 2.78. The number of urea groups is 1. The van der Waals surface area contributed by atoms with Gasteiger partial charge in [0.05, 0.1) is 16.8 Å². The van der Waals surface area contributed by atoms with Crippen molar-refractivity contribution < 1.29 is 9.59 Å². The third kappa shape index (κ3) is 4.25. The number of nitrogens with one attached hydrogen (secondary N) is 2. The van der Waals surface area contributed by atoms with Gasteiger partial charge in [0.2, 0.25) is 0 Å². The molecule has 148 valence electrons. The Labute approximate surface area is 173 Å². The average molecular weight is 397 g/mol. The standard InChI is InChI=1S/C23H19N5O2/c24-23(30)27-17-7-5-15(6-8-17)14-26-22(29)19-13-21(16-9-11-25-12-10-16)28-20-4-2-1-3-18(19)20/h1-13H,14H2,(H,26,29)(H3,24,27,30). The number of amides is 3. The fraction of sp³-hybridized carbons (Fsp3) is 0.0435. The molecule has 0 fully saturated rings. The van der Waals surface area contributed by atoms with Gasteiger partial charge in [0.25, 0.3) is 5.91 Å². The minimum atomic E-state index is -0.620. The molecule has 4 rings (SSSR count). The maximum Gasteiger partial charge on any atom is 0.316 e. The summed E-state index contributed by atoms with van der Waals surface area (Å²) < 4.78 is 0. The number of hydrogen-bond donors (Lipinski definition) is 3. The third-order valence-electron chi connectivity index (χ3n) is 4.61. The van der Waals surface area contributed by atoms with Crippen LogP contribution in [0.25, 0.3) is 22.2 Å². The van der Waals surface area contributed by atoms with Gasteiger partial charge in [0.1, 0.15) is 0 Å². The van der Waals surface area contributed by atoms with Gasteiger partial charge >= 0.3 is 6.03 Å². The highest BCUT2D eigenvalue weighted by Gasteiger charge is 2.14. The molecule has 0 bridgehead atoms. The normalized spacial score (nSPS) is 10.5. The zero-order valence-electron chi connectivity index (χ0n) is 16.0. The molecule has 4 N–H and O–H groups in total. The summed E-state index contributed by atoms with van der Waals surface area (Å²) in [6.07, 6.45) is 3.39. The van der Waals surface area contributed by atoms with Crippen LogP contribution in [0.1, 0.15) is 15.9 Å². The predicted molar refractivity (Wildman–Crippen MR) is 116 cm³/mol. The lowest BCUT2D eigenvalue weighted by Crippen LogP contribution is -2.23. The molecule has 7 nitrogen and oxygen atoms in total. The molecule has 0 atom stereocenters. The summed E-state index contributed by atoms with van der Waals surface area (Å²) in [4.78, 5) is 32.6. The van der Waals surface area contributed by atoms with Crippen LogP contribution in [0.4, 0.5) is 10.5 Å². The van der Waals surface area contributed by atoms with E-state index in [-0.39, 0.29) is 5.91 Å². The topological polar surface area (TPSA) is 110 Å². The number of para-hydroxylation sites is 1. The molecule has 3 amide bonds. The van der Waals surface area contributed by atoms with Crippen LogP contribution in [0, 0.1) is 0 Å². The van der Waals surface area contributed by atoms with E-state index in [0.29, 0.717) is 23.5 Å². The number of nitrogens with zero attached hydrogens (tertiary/aromatic N) is 2. The molecule has 0 saturated heterocycles. The molecule has 0 spiro atoms. The molecule has 2 heterocycles. The molecule has 2 aromatic heterocycles. The summed E-state index contributed by atoms with van der Waals surface area (Å²) in [5.41, 5.74) is 9.51. The Morgan fingerprint density at radius 3 is 2.40 bits per heavy atom. The summed E-state index contributed by atoms with van der Waals surface area (Å²) in [5, 5.41) is 6.25. The maximum atomic E-state index is 13.0. The SMILES string of the molecule is NC(=O)Nc1ccc(CNC(=O)c2cc(-c3ccncc3)nc3ccccc23)cc1. The van der Waals surface area contributed by atoms with Crippen LogP contribution >= 0.6 is 0 Å². The Morgan fingerprint density at radius 2 is 1.67 bits per heavy atom. The Kier molecular flexibility index (Phi) is 5.34. The van der Waals surface area contributed by atoms with Crippen LogP contribution in [0.5, 0.6) is 0 Å². The smallest absolute Gasteiger partial charge is 0.316 e. The summed E-state index contributed by atoms with van der Waals surface area (Å²) >= 11 is 0. The third-order valence-corrected chi connectivity index (χ3v) is 4.61. The van der Waals surface area contributed by atoms with Gasteiger partial charge in [0.15, 0.2) is 0 Å². The first-order chi connectivity index (χ1) is 14.6. The Hall–Kier alpha value is -4.26. The van der Waals surface area contributed by atoms with Gasteiger partial charge < -0.3 is 16.4 Å². The van der Waals surface area contributed by atoms with E-state index in [1.165, 1.54) is 0 Å². The number of aromatic nitrogens is 2. The van der Waals surface area contributed by atoms with E-state index in [1.807, 2.05) is 48.5 Å². The molecule has 0 saturated carbocycles. The van der Waals surface area contributed by atoms with E-state index in [2.05, 4.69) is 20.6 Å². The number of primary amides is 1. The number of pyridine rings is 2. The van der Waals surface area contributed by atoms with Crippen LogP contribution in [-0.4, -0.2) is 21.9 Å². The molecule has 4 aromatic rings. The van der Waals surface area contributed by atoms with Crippen molar-refractivity contribution >= 4 is 28.5 Å². The summed E-state index contributed by atoms with van der Waals surface area (Å²) in [6, 6.07) is 19.6. The number of fused-ring (bicyclic) bond motifs is 1. The minimum Gasteiger partial charge on any atom is -0.351 e. The van der Waals surface area contributed by atoms with E-state index < -0.39 is 6.03 Å². The van der Waals surface area contributed by atoms with E-state index in [0.717, 1.165) is 22.0 Å². The van der Waals surface area contributed by atoms with Crippen LogP contribution in [-0.2, 0) is 6.54 Å². The molecule has 0 aliphatic rings. The zero-order chi connectivity index (χ0) is 20.9. The highest BCUT2D eigenvalue weighted by Crippen LogP contribution is 2.24. The fourth-order valence-electron chi connectivity index (χ4n) is 3.16. The first-order valence-electron chi connectivity index (χ1n) is 9.34. The molecule has 30 heavy (non-hydrogen) atoms. The van der Waals surface area contributed by atoms with Crippen molar-refractivity contribution in [1.29, 1.82) is 0 Å². The van der Waals surface area contributed by atoms with E-state index >= 15 is 0 Å². The number of carbonyl (C=O) groups is 2. The fourth-order valence-corrected chi connectivity index (χ4v) is 3.16. The summed E-state index contributed by atoms with van der Waals surface area (Å²) in [7, 11) is 0. The Bertz CT molecular complexity index is 1210. The zero-order valence-corrected chi connectivity index (χ0v) is 16.0. The quantitative estimate of drug-likeness (QED) is 0.477. The van der Waals surface area contributed by atoms with Crippen molar-refractivity contribution in [3.63, 3.8) is 0 Å². The van der Waals surface area contributed by atoms with Crippen LogP contribution in [0.15, 0.2) is 79.1 Å². The highest BCUT2D eigenvalue weighted by molar-refractivity contribution is 6.07. The summed E-state index contributed by atoms with van der Waals surface area (Å²) in [6.45, 7) is 0.344. The maximum absolute atomic E-state index is 13.0. The number of benzene rings is 2. The lowest BCUT2D eigenvalue weighted by molar-refractivity contribution is 0.0952.